The molecule has 0 bridgehead atoms. The zero-order valence-corrected chi connectivity index (χ0v) is 7.49. The van der Waals surface area contributed by atoms with Crippen molar-refractivity contribution in [1.29, 1.82) is 0 Å². The molecule has 0 fully saturated rings. The number of halogens is 1. The Bertz CT molecular complexity index is 428. The van der Waals surface area contributed by atoms with Gasteiger partial charge in [0.05, 0.1) is 0 Å². The fraction of sp³-hybridized carbons (Fsp3) is 0.111. The Balaban J connectivity index is 2.22. The zero-order valence-electron chi connectivity index (χ0n) is 7.49. The average Bonchev–Trinajstić information content (AvgIpc) is 2.64. The molecular weight excluding hydrogens is 185 g/mol. The highest BCUT2D eigenvalue weighted by molar-refractivity contribution is 5.30. The van der Waals surface area contributed by atoms with Gasteiger partial charge in [-0.2, -0.15) is 10.3 Å². The van der Waals surface area contributed by atoms with Crippen molar-refractivity contribution in [2.45, 2.75) is 6.92 Å². The van der Waals surface area contributed by atoms with Crippen LogP contribution in [-0.4, -0.2) is 15.4 Å². The molecule has 14 heavy (non-hydrogen) atoms. The van der Waals surface area contributed by atoms with Gasteiger partial charge in [0.25, 0.3) is 5.88 Å². The summed E-state index contributed by atoms with van der Waals surface area (Å²) in [6.45, 7) is 1.69. The number of hydrogen-bond acceptors (Lipinski definition) is 3. The highest BCUT2D eigenvalue weighted by Crippen LogP contribution is 2.20. The minimum atomic E-state index is -0.300. The fourth-order valence-corrected chi connectivity index (χ4v) is 0.998. The number of aromatic amines is 1. The number of H-pyrrole nitrogens is 1. The van der Waals surface area contributed by atoms with Gasteiger partial charge in [-0.1, -0.05) is 6.07 Å². The van der Waals surface area contributed by atoms with Gasteiger partial charge in [-0.15, -0.1) is 5.10 Å². The summed E-state index contributed by atoms with van der Waals surface area (Å²) < 4.78 is 18.3. The SMILES string of the molecule is Cc1ccc(Oc2cn[nH]n2)cc1F. The molecule has 1 aromatic carbocycles. The minimum Gasteiger partial charge on any atom is -0.436 e. The second kappa shape index (κ2) is 3.45. The summed E-state index contributed by atoms with van der Waals surface area (Å²) in [6, 6.07) is 4.63. The first kappa shape index (κ1) is 8.68. The van der Waals surface area contributed by atoms with Crippen LogP contribution in [0.5, 0.6) is 11.6 Å². The second-order valence-corrected chi connectivity index (χ2v) is 2.82. The van der Waals surface area contributed by atoms with Crippen LogP contribution < -0.4 is 4.74 Å². The lowest BCUT2D eigenvalue weighted by Crippen LogP contribution is -1.87. The number of ether oxygens (including phenoxy) is 1. The number of benzene rings is 1. The maximum Gasteiger partial charge on any atom is 0.258 e. The summed E-state index contributed by atoms with van der Waals surface area (Å²) >= 11 is 0. The molecule has 0 unspecified atom stereocenters. The van der Waals surface area contributed by atoms with Gasteiger partial charge in [-0.25, -0.2) is 4.39 Å². The topological polar surface area (TPSA) is 50.8 Å². The lowest BCUT2D eigenvalue weighted by atomic mass is 10.2. The molecule has 1 N–H and O–H groups in total. The summed E-state index contributed by atoms with van der Waals surface area (Å²) in [4.78, 5) is 0. The highest BCUT2D eigenvalue weighted by atomic mass is 19.1. The van der Waals surface area contributed by atoms with E-state index in [9.17, 15) is 4.39 Å². The first-order chi connectivity index (χ1) is 6.75. The number of nitrogens with zero attached hydrogens (tertiary/aromatic N) is 2. The summed E-state index contributed by atoms with van der Waals surface area (Å²) in [5.74, 6) is 0.418. The van der Waals surface area contributed by atoms with E-state index in [1.807, 2.05) is 0 Å². The quantitative estimate of drug-likeness (QED) is 0.794. The fourth-order valence-electron chi connectivity index (χ4n) is 0.998. The monoisotopic (exact) mass is 193 g/mol. The lowest BCUT2D eigenvalue weighted by Gasteiger charge is -2.02. The molecular formula is C9H8FN3O. The van der Waals surface area contributed by atoms with Gasteiger partial charge < -0.3 is 4.74 Å². The number of nitrogens with one attached hydrogen (secondary N) is 1. The van der Waals surface area contributed by atoms with E-state index in [-0.39, 0.29) is 5.82 Å². The smallest absolute Gasteiger partial charge is 0.258 e. The van der Waals surface area contributed by atoms with Crippen LogP contribution in [0.3, 0.4) is 0 Å². The summed E-state index contributed by atoms with van der Waals surface area (Å²) in [5, 5.41) is 9.64. The van der Waals surface area contributed by atoms with E-state index in [4.69, 9.17) is 4.74 Å². The Morgan fingerprint density at radius 3 is 2.93 bits per heavy atom. The van der Waals surface area contributed by atoms with Gasteiger partial charge >= 0.3 is 0 Å². The molecule has 72 valence electrons. The van der Waals surface area contributed by atoms with Crippen molar-refractivity contribution < 1.29 is 9.13 Å². The maximum absolute atomic E-state index is 13.1. The number of rotatable bonds is 2. The standard InChI is InChI=1S/C9H8FN3O/c1-6-2-3-7(4-8(6)10)14-9-5-11-13-12-9/h2-5H,1H3,(H,11,12,13). The van der Waals surface area contributed by atoms with Crippen LogP contribution in [0.1, 0.15) is 5.56 Å². The van der Waals surface area contributed by atoms with Crippen LogP contribution >= 0.6 is 0 Å². The van der Waals surface area contributed by atoms with E-state index in [0.29, 0.717) is 17.2 Å². The van der Waals surface area contributed by atoms with Crippen molar-refractivity contribution in [2.75, 3.05) is 0 Å². The Morgan fingerprint density at radius 1 is 1.43 bits per heavy atom. The Morgan fingerprint density at radius 2 is 2.29 bits per heavy atom. The molecule has 1 heterocycles. The molecule has 1 aromatic heterocycles. The summed E-state index contributed by atoms with van der Waals surface area (Å²) in [6.07, 6.45) is 1.41. The van der Waals surface area contributed by atoms with Crippen molar-refractivity contribution in [3.8, 4) is 11.6 Å². The van der Waals surface area contributed by atoms with Crippen molar-refractivity contribution in [2.24, 2.45) is 0 Å². The first-order valence-electron chi connectivity index (χ1n) is 4.05. The highest BCUT2D eigenvalue weighted by Gasteiger charge is 2.02. The lowest BCUT2D eigenvalue weighted by molar-refractivity contribution is 0.456. The van der Waals surface area contributed by atoms with Crippen molar-refractivity contribution in [3.05, 3.63) is 35.8 Å². The Hall–Kier alpha value is -1.91. The van der Waals surface area contributed by atoms with E-state index < -0.39 is 0 Å². The van der Waals surface area contributed by atoms with Gasteiger partial charge in [0, 0.05) is 6.07 Å². The minimum absolute atomic E-state index is 0.300. The van der Waals surface area contributed by atoms with Crippen LogP contribution in [0.15, 0.2) is 24.4 Å². The summed E-state index contributed by atoms with van der Waals surface area (Å²) in [5.41, 5.74) is 0.581. The number of aryl methyl sites for hydroxylation is 1. The Kier molecular flexibility index (Phi) is 2.14. The molecule has 0 amide bonds. The molecule has 0 atom stereocenters. The molecule has 0 spiro atoms. The van der Waals surface area contributed by atoms with Gasteiger partial charge in [0.2, 0.25) is 0 Å². The predicted molar refractivity (Wildman–Crippen MR) is 47.6 cm³/mol. The first-order valence-corrected chi connectivity index (χ1v) is 4.05. The van der Waals surface area contributed by atoms with Crippen molar-refractivity contribution in [3.63, 3.8) is 0 Å². The molecule has 5 heteroatoms. The molecule has 0 saturated carbocycles. The molecule has 0 saturated heterocycles. The zero-order chi connectivity index (χ0) is 9.97. The van der Waals surface area contributed by atoms with E-state index in [1.165, 1.54) is 12.3 Å². The third kappa shape index (κ3) is 1.71. The molecule has 4 nitrogen and oxygen atoms in total. The summed E-state index contributed by atoms with van der Waals surface area (Å²) in [7, 11) is 0. The normalized spacial score (nSPS) is 10.1. The van der Waals surface area contributed by atoms with Crippen LogP contribution in [0.4, 0.5) is 4.39 Å². The molecule has 2 rings (SSSR count). The molecule has 0 radical (unpaired) electrons. The van der Waals surface area contributed by atoms with E-state index in [1.54, 1.807) is 19.1 Å². The van der Waals surface area contributed by atoms with Gasteiger partial charge in [-0.05, 0) is 18.6 Å². The van der Waals surface area contributed by atoms with Crippen molar-refractivity contribution >= 4 is 0 Å². The largest absolute Gasteiger partial charge is 0.436 e. The second-order valence-electron chi connectivity index (χ2n) is 2.82. The van der Waals surface area contributed by atoms with Gasteiger partial charge in [0.15, 0.2) is 0 Å². The average molecular weight is 193 g/mol. The Labute approximate surface area is 79.7 Å². The molecule has 0 aliphatic carbocycles. The van der Waals surface area contributed by atoms with E-state index in [2.05, 4.69) is 15.4 Å². The van der Waals surface area contributed by atoms with Gasteiger partial charge in [0.1, 0.15) is 17.8 Å². The number of aromatic nitrogens is 3. The van der Waals surface area contributed by atoms with E-state index in [0.717, 1.165) is 0 Å². The predicted octanol–water partition coefficient (Wildman–Crippen LogP) is 2.04. The van der Waals surface area contributed by atoms with Crippen LogP contribution in [0.2, 0.25) is 0 Å². The molecule has 0 aliphatic rings. The van der Waals surface area contributed by atoms with Crippen LogP contribution in [0, 0.1) is 12.7 Å². The molecule has 2 aromatic rings. The molecule has 0 aliphatic heterocycles. The van der Waals surface area contributed by atoms with E-state index >= 15 is 0 Å². The van der Waals surface area contributed by atoms with Crippen LogP contribution in [0.25, 0.3) is 0 Å². The maximum atomic E-state index is 13.1. The van der Waals surface area contributed by atoms with Crippen LogP contribution in [-0.2, 0) is 0 Å². The van der Waals surface area contributed by atoms with Crippen molar-refractivity contribution in [1.82, 2.24) is 15.4 Å². The third-order valence-electron chi connectivity index (χ3n) is 1.76. The third-order valence-corrected chi connectivity index (χ3v) is 1.76. The number of hydrogen-bond donors (Lipinski definition) is 1. The van der Waals surface area contributed by atoms with Gasteiger partial charge in [-0.3, -0.25) is 0 Å².